The second kappa shape index (κ2) is 13.9. The number of benzene rings is 7. The van der Waals surface area contributed by atoms with Crippen LogP contribution in [-0.2, 0) is 5.41 Å². The molecule has 2 aromatic heterocycles. The summed E-state index contributed by atoms with van der Waals surface area (Å²) >= 11 is 0. The van der Waals surface area contributed by atoms with Crippen LogP contribution in [0.5, 0.6) is 11.5 Å². The van der Waals surface area contributed by atoms with E-state index < -0.39 is 0 Å². The SMILES string of the molecule is [2H]c1cc(Oc2ccc3c4c([2H])c([2H])c([2H])c([2H])c4n(-c4cc(C(C)(C)C)ccn4)c3c2)cc(N2CN(c3c(-c4ccccc4)cc([2H])cc3-c3ccccc3)c3ccccc32)c1. The number of pyridine rings is 1. The zero-order valence-electron chi connectivity index (χ0n) is 37.8. The van der Waals surface area contributed by atoms with Gasteiger partial charge < -0.3 is 14.5 Å². The third kappa shape index (κ3) is 6.18. The molecule has 0 saturated carbocycles. The van der Waals surface area contributed by atoms with Crippen LogP contribution in [0.3, 0.4) is 0 Å². The molecule has 0 unspecified atom stereocenters. The van der Waals surface area contributed by atoms with Gasteiger partial charge in [-0.2, -0.15) is 0 Å². The molecule has 7 aromatic carbocycles. The predicted molar refractivity (Wildman–Crippen MR) is 237 cm³/mol. The van der Waals surface area contributed by atoms with E-state index in [1.165, 1.54) is 0 Å². The zero-order chi connectivity index (χ0) is 43.7. The molecule has 1 aliphatic rings. The maximum atomic E-state index is 9.02. The maximum Gasteiger partial charge on any atom is 0.137 e. The number of ether oxygens (including phenoxy) is 1. The molecule has 9 aromatic rings. The second-order valence-electron chi connectivity index (χ2n) is 15.3. The number of hydrogen-bond acceptors (Lipinski definition) is 4. The van der Waals surface area contributed by atoms with Gasteiger partial charge in [-0.05, 0) is 76.7 Å². The molecule has 0 atom stereocenters. The van der Waals surface area contributed by atoms with Crippen molar-refractivity contribution >= 4 is 44.6 Å². The highest BCUT2D eigenvalue weighted by Crippen LogP contribution is 2.50. The lowest BCUT2D eigenvalue weighted by Crippen LogP contribution is -2.24. The summed E-state index contributed by atoms with van der Waals surface area (Å²) in [6.07, 6.45) is 1.73. The average molecular weight is 745 g/mol. The summed E-state index contributed by atoms with van der Waals surface area (Å²) in [6, 6.07) is 47.0. The van der Waals surface area contributed by atoms with E-state index in [2.05, 4.69) is 67.0 Å². The molecule has 276 valence electrons. The van der Waals surface area contributed by atoms with Gasteiger partial charge in [0, 0.05) is 45.9 Å². The molecule has 5 nitrogen and oxygen atoms in total. The summed E-state index contributed by atoms with van der Waals surface area (Å²) in [4.78, 5) is 9.19. The van der Waals surface area contributed by atoms with Gasteiger partial charge in [0.1, 0.15) is 24.0 Å². The van der Waals surface area contributed by atoms with E-state index in [4.69, 9.17) is 17.9 Å². The molecule has 10 rings (SSSR count). The van der Waals surface area contributed by atoms with E-state index in [-0.39, 0.29) is 35.6 Å². The van der Waals surface area contributed by atoms with Crippen LogP contribution in [0.4, 0.5) is 22.7 Å². The van der Waals surface area contributed by atoms with Crippen molar-refractivity contribution in [2.45, 2.75) is 26.2 Å². The minimum Gasteiger partial charge on any atom is -0.457 e. The van der Waals surface area contributed by atoms with Crippen LogP contribution in [-0.4, -0.2) is 16.2 Å². The Morgan fingerprint density at radius 3 is 1.95 bits per heavy atom. The molecule has 0 radical (unpaired) electrons. The summed E-state index contributed by atoms with van der Waals surface area (Å²) in [5.74, 6) is 1.44. The number of nitrogens with zero attached hydrogens (tertiary/aromatic N) is 4. The van der Waals surface area contributed by atoms with E-state index in [9.17, 15) is 0 Å². The number of rotatable bonds is 7. The van der Waals surface area contributed by atoms with E-state index >= 15 is 0 Å². The molecule has 0 spiro atoms. The van der Waals surface area contributed by atoms with Crippen molar-refractivity contribution in [3.8, 4) is 39.6 Å². The Bertz CT molecular complexity index is 3200. The number of aromatic nitrogens is 2. The van der Waals surface area contributed by atoms with Gasteiger partial charge in [0.2, 0.25) is 0 Å². The standard InChI is InChI=1S/C52H42N4O/c1-52(2,3)38-30-31-53-50(32-38)56-46-25-11-10-22-44(46)45-29-28-41(34-49(45)56)57-40-21-14-20-39(33-40)54-35-55(48-27-13-12-26-47(48)54)51-42(36-16-6-4-7-17-36)23-15-24-43(51)37-18-8-5-9-19-37/h4-34H,35H2,1-3H3/i10D,11D,14D,15D,22D,25D. The largest absolute Gasteiger partial charge is 0.457 e. The molecule has 0 bridgehead atoms. The fraction of sp³-hybridized carbons (Fsp3) is 0.0962. The average Bonchev–Trinajstić information content (AvgIpc) is 3.84. The van der Waals surface area contributed by atoms with Gasteiger partial charge in [-0.1, -0.05) is 136 Å². The van der Waals surface area contributed by atoms with E-state index in [0.29, 0.717) is 51.8 Å². The van der Waals surface area contributed by atoms with Gasteiger partial charge in [-0.3, -0.25) is 4.57 Å². The highest BCUT2D eigenvalue weighted by molar-refractivity contribution is 6.09. The van der Waals surface area contributed by atoms with Crippen molar-refractivity contribution in [2.75, 3.05) is 16.5 Å². The lowest BCUT2D eigenvalue weighted by atomic mass is 9.88. The van der Waals surface area contributed by atoms with Crippen molar-refractivity contribution in [1.29, 1.82) is 0 Å². The van der Waals surface area contributed by atoms with Crippen LogP contribution in [0.15, 0.2) is 188 Å². The third-order valence-electron chi connectivity index (χ3n) is 10.7. The van der Waals surface area contributed by atoms with E-state index in [0.717, 1.165) is 50.6 Å². The fourth-order valence-corrected chi connectivity index (χ4v) is 7.88. The summed E-state index contributed by atoms with van der Waals surface area (Å²) in [5.41, 5.74) is 9.35. The Labute approximate surface area is 342 Å². The minimum atomic E-state index is -0.317. The van der Waals surface area contributed by atoms with Gasteiger partial charge in [0.25, 0.3) is 0 Å². The summed E-state index contributed by atoms with van der Waals surface area (Å²) in [7, 11) is 0. The Morgan fingerprint density at radius 1 is 0.579 bits per heavy atom. The molecule has 0 aliphatic carbocycles. The Kier molecular flexibility index (Phi) is 6.89. The van der Waals surface area contributed by atoms with Gasteiger partial charge in [-0.15, -0.1) is 0 Å². The van der Waals surface area contributed by atoms with E-state index in [1.807, 2.05) is 97.1 Å². The van der Waals surface area contributed by atoms with Crippen LogP contribution >= 0.6 is 0 Å². The Balaban J connectivity index is 1.08. The van der Waals surface area contributed by atoms with E-state index in [1.54, 1.807) is 22.9 Å². The van der Waals surface area contributed by atoms with Crippen LogP contribution in [0.2, 0.25) is 0 Å². The van der Waals surface area contributed by atoms with Crippen molar-refractivity contribution in [3.05, 3.63) is 194 Å². The molecular weight excluding hydrogens is 697 g/mol. The van der Waals surface area contributed by atoms with Gasteiger partial charge in [0.15, 0.2) is 0 Å². The third-order valence-corrected chi connectivity index (χ3v) is 10.7. The Morgan fingerprint density at radius 2 is 1.23 bits per heavy atom. The maximum absolute atomic E-state index is 9.02. The topological polar surface area (TPSA) is 33.5 Å². The number of fused-ring (bicyclic) bond motifs is 4. The minimum absolute atomic E-state index is 0.121. The highest BCUT2D eigenvalue weighted by Gasteiger charge is 2.31. The Hall–Kier alpha value is -7.11. The number of anilines is 4. The lowest BCUT2D eigenvalue weighted by molar-refractivity contribution is 0.483. The molecular formula is C52H42N4O. The second-order valence-corrected chi connectivity index (χ2v) is 15.3. The van der Waals surface area contributed by atoms with Crippen molar-refractivity contribution in [3.63, 3.8) is 0 Å². The molecule has 5 heteroatoms. The number of para-hydroxylation sites is 4. The first-order valence-electron chi connectivity index (χ1n) is 22.1. The predicted octanol–water partition coefficient (Wildman–Crippen LogP) is 13.8. The van der Waals surface area contributed by atoms with Gasteiger partial charge >= 0.3 is 0 Å². The first kappa shape index (κ1) is 28.3. The monoisotopic (exact) mass is 744 g/mol. The first-order chi connectivity index (χ1) is 30.4. The molecule has 0 saturated heterocycles. The van der Waals surface area contributed by atoms with Crippen LogP contribution in [0.1, 0.15) is 34.6 Å². The summed E-state index contributed by atoms with van der Waals surface area (Å²) in [6.45, 7) is 6.76. The number of hydrogen-bond donors (Lipinski definition) is 0. The molecule has 0 fully saturated rings. The fourth-order valence-electron chi connectivity index (χ4n) is 7.88. The van der Waals surface area contributed by atoms with Gasteiger partial charge in [0.05, 0.1) is 36.3 Å². The van der Waals surface area contributed by atoms with Crippen molar-refractivity contribution < 1.29 is 13.0 Å². The molecule has 3 heterocycles. The lowest BCUT2D eigenvalue weighted by Gasteiger charge is -2.27. The summed E-state index contributed by atoms with van der Waals surface area (Å²) < 4.78 is 61.4. The molecule has 0 N–H and O–H groups in total. The highest BCUT2D eigenvalue weighted by atomic mass is 16.5. The zero-order valence-corrected chi connectivity index (χ0v) is 31.8. The smallest absolute Gasteiger partial charge is 0.137 e. The summed E-state index contributed by atoms with van der Waals surface area (Å²) in [5, 5.41) is 1.04. The normalized spacial score (nSPS) is 14.2. The first-order valence-corrected chi connectivity index (χ1v) is 19.1. The quantitative estimate of drug-likeness (QED) is 0.163. The molecule has 0 amide bonds. The van der Waals surface area contributed by atoms with Crippen molar-refractivity contribution in [2.24, 2.45) is 0 Å². The van der Waals surface area contributed by atoms with Crippen LogP contribution in [0.25, 0.3) is 49.9 Å². The van der Waals surface area contributed by atoms with Crippen molar-refractivity contribution in [1.82, 2.24) is 9.55 Å². The van der Waals surface area contributed by atoms with Crippen LogP contribution < -0.4 is 14.5 Å². The molecule has 57 heavy (non-hydrogen) atoms. The van der Waals surface area contributed by atoms with Gasteiger partial charge in [-0.25, -0.2) is 4.98 Å². The van der Waals surface area contributed by atoms with Crippen LogP contribution in [0, 0.1) is 0 Å². The molecule has 1 aliphatic heterocycles.